The highest BCUT2D eigenvalue weighted by Gasteiger charge is 2.28. The number of carbonyl (C=O) groups excluding carboxylic acids is 1. The Kier molecular flexibility index (Phi) is 6.83. The van der Waals surface area contributed by atoms with Gasteiger partial charge in [-0.25, -0.2) is 8.42 Å². The zero-order valence-corrected chi connectivity index (χ0v) is 19.9. The summed E-state index contributed by atoms with van der Waals surface area (Å²) in [4.78, 5) is 13.4. The molecule has 9 heteroatoms. The van der Waals surface area contributed by atoms with Crippen LogP contribution in [0.5, 0.6) is 0 Å². The van der Waals surface area contributed by atoms with Gasteiger partial charge in [0.25, 0.3) is 0 Å². The first-order chi connectivity index (χ1) is 15.9. The molecule has 2 N–H and O–H groups in total. The van der Waals surface area contributed by atoms with E-state index in [1.54, 1.807) is 12.1 Å². The maximum Gasteiger partial charge on any atom is 0.243 e. The van der Waals surface area contributed by atoms with Crippen LogP contribution in [0.2, 0.25) is 0 Å². The minimum absolute atomic E-state index is 0.00440. The largest absolute Gasteiger partial charge is 0.324 e. The molecular weight excluding hydrogens is 456 g/mol. The molecule has 0 saturated carbocycles. The van der Waals surface area contributed by atoms with Crippen LogP contribution in [0.3, 0.4) is 0 Å². The van der Waals surface area contributed by atoms with Gasteiger partial charge in [0.15, 0.2) is 0 Å². The van der Waals surface area contributed by atoms with E-state index in [-0.39, 0.29) is 11.3 Å². The third-order valence-corrected chi connectivity index (χ3v) is 7.47. The van der Waals surface area contributed by atoms with Gasteiger partial charge < -0.3 is 5.32 Å². The minimum atomic E-state index is -4.05. The molecule has 1 amide bonds. The Bertz CT molecular complexity index is 1390. The quantitative estimate of drug-likeness (QED) is 0.396. The number of sulfonamides is 1. The summed E-state index contributed by atoms with van der Waals surface area (Å²) < 4.78 is 37.5. The molecule has 0 aliphatic rings. The van der Waals surface area contributed by atoms with Gasteiger partial charge in [0.05, 0.1) is 11.7 Å². The summed E-state index contributed by atoms with van der Waals surface area (Å²) in [5.74, 6) is -0.421. The molecular formula is C24H24N4O3S2. The Balaban J connectivity index is 1.68. The van der Waals surface area contributed by atoms with E-state index < -0.39 is 22.0 Å². The SMILES string of the molecule is CCc1cccc(C)c1NC(=O)C(Cc1ccccc1)NS(=O)(=O)c1cccc2nsnc12. The van der Waals surface area contributed by atoms with Crippen molar-refractivity contribution in [2.24, 2.45) is 0 Å². The second-order valence-corrected chi connectivity index (χ2v) is 9.91. The molecule has 3 aromatic carbocycles. The number of fused-ring (bicyclic) bond motifs is 1. The maximum atomic E-state index is 13.4. The molecule has 0 aliphatic heterocycles. The van der Waals surface area contributed by atoms with E-state index >= 15 is 0 Å². The van der Waals surface area contributed by atoms with E-state index in [4.69, 9.17) is 0 Å². The van der Waals surface area contributed by atoms with Crippen LogP contribution in [-0.4, -0.2) is 29.1 Å². The Hall–Kier alpha value is -3.14. The van der Waals surface area contributed by atoms with Gasteiger partial charge in [-0.3, -0.25) is 4.79 Å². The summed E-state index contributed by atoms with van der Waals surface area (Å²) in [7, 11) is -4.05. The predicted molar refractivity (Wildman–Crippen MR) is 131 cm³/mol. The second-order valence-electron chi connectivity index (χ2n) is 7.70. The van der Waals surface area contributed by atoms with E-state index in [0.717, 1.165) is 34.8 Å². The van der Waals surface area contributed by atoms with Crippen molar-refractivity contribution in [3.63, 3.8) is 0 Å². The smallest absolute Gasteiger partial charge is 0.243 e. The predicted octanol–water partition coefficient (Wildman–Crippen LogP) is 4.09. The van der Waals surface area contributed by atoms with Crippen LogP contribution in [-0.2, 0) is 27.7 Å². The number of hydrogen-bond donors (Lipinski definition) is 2. The zero-order chi connectivity index (χ0) is 23.4. The van der Waals surface area contributed by atoms with Gasteiger partial charge in [-0.05, 0) is 48.6 Å². The lowest BCUT2D eigenvalue weighted by Crippen LogP contribution is -2.45. The van der Waals surface area contributed by atoms with Crippen LogP contribution in [0.15, 0.2) is 71.6 Å². The average molecular weight is 481 g/mol. The number of aryl methyl sites for hydroxylation is 2. The van der Waals surface area contributed by atoms with Gasteiger partial charge in [-0.15, -0.1) is 0 Å². The fourth-order valence-corrected chi connectivity index (χ4v) is 5.66. The fourth-order valence-electron chi connectivity index (χ4n) is 3.70. The minimum Gasteiger partial charge on any atom is -0.324 e. The normalized spacial score (nSPS) is 12.5. The van der Waals surface area contributed by atoms with Gasteiger partial charge in [-0.2, -0.15) is 13.5 Å². The van der Waals surface area contributed by atoms with Crippen LogP contribution >= 0.6 is 11.7 Å². The molecule has 33 heavy (non-hydrogen) atoms. The topological polar surface area (TPSA) is 101 Å². The van der Waals surface area contributed by atoms with Gasteiger partial charge in [0.1, 0.15) is 22.0 Å². The number of carbonyl (C=O) groups is 1. The van der Waals surface area contributed by atoms with Crippen molar-refractivity contribution < 1.29 is 13.2 Å². The Morgan fingerprint density at radius 1 is 1.00 bits per heavy atom. The molecule has 1 heterocycles. The summed E-state index contributed by atoms with van der Waals surface area (Å²) in [6.07, 6.45) is 0.940. The number of amides is 1. The lowest BCUT2D eigenvalue weighted by atomic mass is 10.0. The second kappa shape index (κ2) is 9.78. The number of hydrogen-bond acceptors (Lipinski definition) is 6. The van der Waals surface area contributed by atoms with E-state index in [9.17, 15) is 13.2 Å². The molecule has 4 rings (SSSR count). The summed E-state index contributed by atoms with van der Waals surface area (Å²) >= 11 is 0.947. The first-order valence-electron chi connectivity index (χ1n) is 10.6. The molecule has 0 saturated heterocycles. The number of nitrogens with one attached hydrogen (secondary N) is 2. The van der Waals surface area contributed by atoms with Crippen LogP contribution < -0.4 is 10.0 Å². The number of benzene rings is 3. The molecule has 1 atom stereocenters. The van der Waals surface area contributed by atoms with Crippen LogP contribution in [0.25, 0.3) is 11.0 Å². The van der Waals surface area contributed by atoms with Crippen LogP contribution in [0, 0.1) is 6.92 Å². The van der Waals surface area contributed by atoms with Crippen molar-refractivity contribution in [1.29, 1.82) is 0 Å². The summed E-state index contributed by atoms with van der Waals surface area (Å²) in [5, 5.41) is 2.96. The highest BCUT2D eigenvalue weighted by atomic mass is 32.2. The van der Waals surface area contributed by atoms with Crippen molar-refractivity contribution in [2.45, 2.75) is 37.6 Å². The van der Waals surface area contributed by atoms with E-state index in [1.807, 2.05) is 62.4 Å². The first-order valence-corrected chi connectivity index (χ1v) is 12.8. The molecule has 7 nitrogen and oxygen atoms in total. The Morgan fingerprint density at radius 2 is 1.76 bits per heavy atom. The number of nitrogens with zero attached hydrogens (tertiary/aromatic N) is 2. The van der Waals surface area contributed by atoms with Crippen LogP contribution in [0.4, 0.5) is 5.69 Å². The maximum absolute atomic E-state index is 13.4. The standard InChI is InChI=1S/C24H24N4O3S2/c1-3-18-12-7-9-16(2)22(18)25-24(29)20(15-17-10-5-4-6-11-17)28-33(30,31)21-14-8-13-19-23(21)27-32-26-19/h4-14,20,28H,3,15H2,1-2H3,(H,25,29). The fraction of sp³-hybridized carbons (Fsp3) is 0.208. The highest BCUT2D eigenvalue weighted by molar-refractivity contribution is 7.89. The molecule has 0 bridgehead atoms. The number of anilines is 1. The average Bonchev–Trinajstić information content (AvgIpc) is 3.29. The van der Waals surface area contributed by atoms with Crippen molar-refractivity contribution in [1.82, 2.24) is 13.5 Å². The molecule has 0 spiro atoms. The molecule has 4 aromatic rings. The number of aromatic nitrogens is 2. The Labute approximate surface area is 197 Å². The van der Waals surface area contributed by atoms with Crippen molar-refractivity contribution in [2.75, 3.05) is 5.32 Å². The molecule has 1 aromatic heterocycles. The molecule has 0 fully saturated rings. The summed E-state index contributed by atoms with van der Waals surface area (Å²) in [6.45, 7) is 3.93. The van der Waals surface area contributed by atoms with E-state index in [2.05, 4.69) is 18.8 Å². The zero-order valence-electron chi connectivity index (χ0n) is 18.3. The first kappa shape index (κ1) is 23.0. The van der Waals surface area contributed by atoms with Crippen LogP contribution in [0.1, 0.15) is 23.6 Å². The lowest BCUT2D eigenvalue weighted by molar-refractivity contribution is -0.117. The van der Waals surface area contributed by atoms with Crippen molar-refractivity contribution in [3.05, 3.63) is 83.4 Å². The Morgan fingerprint density at radius 3 is 2.52 bits per heavy atom. The molecule has 0 aliphatic carbocycles. The van der Waals surface area contributed by atoms with Gasteiger partial charge >= 0.3 is 0 Å². The molecule has 0 radical (unpaired) electrons. The lowest BCUT2D eigenvalue weighted by Gasteiger charge is -2.21. The van der Waals surface area contributed by atoms with Gasteiger partial charge in [0, 0.05) is 5.69 Å². The molecule has 1 unspecified atom stereocenters. The van der Waals surface area contributed by atoms with Gasteiger partial charge in [0.2, 0.25) is 15.9 Å². The molecule has 170 valence electrons. The summed E-state index contributed by atoms with van der Waals surface area (Å²) in [5.41, 5.74) is 4.26. The van der Waals surface area contributed by atoms with E-state index in [1.165, 1.54) is 6.07 Å². The third kappa shape index (κ3) is 5.11. The summed E-state index contributed by atoms with van der Waals surface area (Å²) in [6, 6.07) is 18.9. The van der Waals surface area contributed by atoms with Crippen molar-refractivity contribution >= 4 is 44.4 Å². The number of para-hydroxylation sites is 1. The third-order valence-electron chi connectivity index (χ3n) is 5.42. The number of rotatable bonds is 8. The van der Waals surface area contributed by atoms with Gasteiger partial charge in [-0.1, -0.05) is 61.5 Å². The monoisotopic (exact) mass is 480 g/mol. The van der Waals surface area contributed by atoms with E-state index in [0.29, 0.717) is 16.7 Å². The van der Waals surface area contributed by atoms with Crippen molar-refractivity contribution in [3.8, 4) is 0 Å². The highest BCUT2D eigenvalue weighted by Crippen LogP contribution is 2.24.